The van der Waals surface area contributed by atoms with Crippen LogP contribution in [-0.4, -0.2) is 43.1 Å². The van der Waals surface area contributed by atoms with E-state index in [0.717, 1.165) is 0 Å². The molecule has 1 amide bonds. The van der Waals surface area contributed by atoms with E-state index in [-0.39, 0.29) is 35.8 Å². The molecule has 4 atom stereocenters. The standard InChI is InChI=1S/C13H23NO4S/c1-8-5-9-10(18-7-12(15)14-9)6-11(8)19(16,17)13(2,3)4/h8-11H,5-7H2,1-4H3,(H,14,15). The van der Waals surface area contributed by atoms with E-state index in [1.807, 2.05) is 6.92 Å². The monoisotopic (exact) mass is 289 g/mol. The Balaban J connectivity index is 2.20. The SMILES string of the molecule is CC1CC2NC(=O)COC2CC1S(=O)(=O)C(C)(C)C. The minimum Gasteiger partial charge on any atom is -0.366 e. The van der Waals surface area contributed by atoms with Crippen molar-refractivity contribution in [2.75, 3.05) is 6.61 Å². The van der Waals surface area contributed by atoms with E-state index >= 15 is 0 Å². The van der Waals surface area contributed by atoms with Gasteiger partial charge in [0.05, 0.1) is 22.1 Å². The lowest BCUT2D eigenvalue weighted by atomic mass is 9.83. The molecule has 1 saturated heterocycles. The predicted octanol–water partition coefficient (Wildman–Crippen LogP) is 0.882. The predicted molar refractivity (Wildman–Crippen MR) is 72.5 cm³/mol. The van der Waals surface area contributed by atoms with Crippen molar-refractivity contribution < 1.29 is 17.9 Å². The number of rotatable bonds is 1. The summed E-state index contributed by atoms with van der Waals surface area (Å²) in [6.45, 7) is 7.21. The van der Waals surface area contributed by atoms with Gasteiger partial charge in [-0.15, -0.1) is 0 Å². The molecule has 0 radical (unpaired) electrons. The van der Waals surface area contributed by atoms with Crippen LogP contribution < -0.4 is 5.32 Å². The van der Waals surface area contributed by atoms with Gasteiger partial charge in [0.15, 0.2) is 9.84 Å². The summed E-state index contributed by atoms with van der Waals surface area (Å²) < 4.78 is 30.0. The largest absolute Gasteiger partial charge is 0.366 e. The van der Waals surface area contributed by atoms with Gasteiger partial charge in [-0.2, -0.15) is 0 Å². The summed E-state index contributed by atoms with van der Waals surface area (Å²) in [4.78, 5) is 11.3. The Hall–Kier alpha value is -0.620. The number of fused-ring (bicyclic) bond motifs is 1. The fraction of sp³-hybridized carbons (Fsp3) is 0.923. The quantitative estimate of drug-likeness (QED) is 0.778. The molecule has 5 nitrogen and oxygen atoms in total. The molecule has 0 spiro atoms. The molecule has 2 fully saturated rings. The van der Waals surface area contributed by atoms with Crippen LogP contribution in [0.1, 0.15) is 40.5 Å². The molecule has 0 bridgehead atoms. The highest BCUT2D eigenvalue weighted by molar-refractivity contribution is 7.93. The molecule has 0 aromatic carbocycles. The van der Waals surface area contributed by atoms with E-state index in [0.29, 0.717) is 12.8 Å². The highest BCUT2D eigenvalue weighted by atomic mass is 32.2. The van der Waals surface area contributed by atoms with Crippen LogP contribution >= 0.6 is 0 Å². The molecule has 0 aromatic heterocycles. The van der Waals surface area contributed by atoms with Gasteiger partial charge in [0.2, 0.25) is 5.91 Å². The van der Waals surface area contributed by atoms with Crippen molar-refractivity contribution >= 4 is 15.7 Å². The van der Waals surface area contributed by atoms with Crippen molar-refractivity contribution in [3.05, 3.63) is 0 Å². The molecule has 4 unspecified atom stereocenters. The van der Waals surface area contributed by atoms with E-state index in [1.54, 1.807) is 20.8 Å². The first kappa shape index (κ1) is 14.8. The molecule has 110 valence electrons. The summed E-state index contributed by atoms with van der Waals surface area (Å²) in [6, 6.07) is -0.0392. The number of hydrogen-bond donors (Lipinski definition) is 1. The average Bonchev–Trinajstić information content (AvgIpc) is 2.26. The Morgan fingerprint density at radius 1 is 1.26 bits per heavy atom. The molecular formula is C13H23NO4S. The van der Waals surface area contributed by atoms with Gasteiger partial charge in [-0.3, -0.25) is 4.79 Å². The van der Waals surface area contributed by atoms with Gasteiger partial charge in [-0.05, 0) is 39.5 Å². The van der Waals surface area contributed by atoms with Crippen molar-refractivity contribution in [1.82, 2.24) is 5.32 Å². The van der Waals surface area contributed by atoms with Gasteiger partial charge in [0.1, 0.15) is 6.61 Å². The minimum absolute atomic E-state index is 0.0347. The minimum atomic E-state index is -3.21. The topological polar surface area (TPSA) is 72.5 Å². The van der Waals surface area contributed by atoms with Crippen LogP contribution in [0.25, 0.3) is 0 Å². The Labute approximate surface area is 115 Å². The number of carbonyl (C=O) groups is 1. The third-order valence-electron chi connectivity index (χ3n) is 4.20. The third kappa shape index (κ3) is 2.65. The van der Waals surface area contributed by atoms with Crippen LogP contribution in [0.2, 0.25) is 0 Å². The molecule has 0 aromatic rings. The van der Waals surface area contributed by atoms with Gasteiger partial charge in [0, 0.05) is 0 Å². The number of sulfone groups is 1. The molecule has 1 heterocycles. The van der Waals surface area contributed by atoms with Crippen molar-refractivity contribution in [2.45, 2.75) is 62.7 Å². The van der Waals surface area contributed by atoms with E-state index in [2.05, 4.69) is 5.32 Å². The summed E-state index contributed by atoms with van der Waals surface area (Å²) in [6.07, 6.45) is 0.971. The first-order valence-electron chi connectivity index (χ1n) is 6.77. The maximum absolute atomic E-state index is 12.6. The second kappa shape index (κ2) is 4.74. The van der Waals surface area contributed by atoms with Crippen LogP contribution in [-0.2, 0) is 19.4 Å². The van der Waals surface area contributed by atoms with Gasteiger partial charge in [-0.1, -0.05) is 6.92 Å². The average molecular weight is 289 g/mol. The van der Waals surface area contributed by atoms with Crippen molar-refractivity contribution in [2.24, 2.45) is 5.92 Å². The first-order valence-corrected chi connectivity index (χ1v) is 8.32. The number of nitrogens with one attached hydrogen (secondary N) is 1. The maximum atomic E-state index is 12.6. The van der Waals surface area contributed by atoms with Gasteiger partial charge < -0.3 is 10.1 Å². The molecule has 2 aliphatic rings. The zero-order chi connectivity index (χ0) is 14.4. The van der Waals surface area contributed by atoms with Gasteiger partial charge >= 0.3 is 0 Å². The second-order valence-electron chi connectivity index (χ2n) is 6.67. The molecule has 1 N–H and O–H groups in total. The Kier molecular flexibility index (Phi) is 3.68. The van der Waals surface area contributed by atoms with Crippen LogP contribution in [0.5, 0.6) is 0 Å². The fourth-order valence-corrected chi connectivity index (χ4v) is 5.06. The van der Waals surface area contributed by atoms with Crippen LogP contribution in [0.3, 0.4) is 0 Å². The Morgan fingerprint density at radius 3 is 2.47 bits per heavy atom. The van der Waals surface area contributed by atoms with Gasteiger partial charge in [-0.25, -0.2) is 8.42 Å². The van der Waals surface area contributed by atoms with Crippen molar-refractivity contribution in [3.8, 4) is 0 Å². The lowest BCUT2D eigenvalue weighted by Gasteiger charge is -2.43. The number of amides is 1. The smallest absolute Gasteiger partial charge is 0.246 e. The molecule has 6 heteroatoms. The third-order valence-corrected chi connectivity index (χ3v) is 7.36. The zero-order valence-corrected chi connectivity index (χ0v) is 12.8. The highest BCUT2D eigenvalue weighted by Crippen LogP contribution is 2.36. The lowest BCUT2D eigenvalue weighted by Crippen LogP contribution is -2.58. The van der Waals surface area contributed by atoms with Gasteiger partial charge in [0.25, 0.3) is 0 Å². The molecule has 1 saturated carbocycles. The zero-order valence-electron chi connectivity index (χ0n) is 12.0. The van der Waals surface area contributed by atoms with E-state index in [4.69, 9.17) is 4.74 Å². The summed E-state index contributed by atoms with van der Waals surface area (Å²) in [5.74, 6) is -0.0712. The molecule has 1 aliphatic carbocycles. The second-order valence-corrected chi connectivity index (χ2v) is 9.59. The number of ether oxygens (including phenoxy) is 1. The summed E-state index contributed by atoms with van der Waals surface area (Å²) in [5, 5.41) is 2.52. The Bertz CT molecular complexity index is 466. The normalized spacial score (nSPS) is 36.5. The highest BCUT2D eigenvalue weighted by Gasteiger charge is 2.47. The van der Waals surface area contributed by atoms with Crippen LogP contribution in [0.15, 0.2) is 0 Å². The number of hydrogen-bond acceptors (Lipinski definition) is 4. The maximum Gasteiger partial charge on any atom is 0.246 e. The van der Waals surface area contributed by atoms with Crippen molar-refractivity contribution in [1.29, 1.82) is 0 Å². The van der Waals surface area contributed by atoms with E-state index in [9.17, 15) is 13.2 Å². The summed E-state index contributed by atoms with van der Waals surface area (Å²) in [5.41, 5.74) is 0. The molecule has 19 heavy (non-hydrogen) atoms. The molecule has 2 rings (SSSR count). The number of morpholine rings is 1. The van der Waals surface area contributed by atoms with Crippen LogP contribution in [0, 0.1) is 5.92 Å². The first-order chi connectivity index (χ1) is 8.63. The lowest BCUT2D eigenvalue weighted by molar-refractivity contribution is -0.139. The fourth-order valence-electron chi connectivity index (χ4n) is 2.98. The Morgan fingerprint density at radius 2 is 1.89 bits per heavy atom. The summed E-state index contributed by atoms with van der Waals surface area (Å²) in [7, 11) is -3.21. The van der Waals surface area contributed by atoms with E-state index < -0.39 is 14.6 Å². The van der Waals surface area contributed by atoms with E-state index in [1.165, 1.54) is 0 Å². The molecule has 1 aliphatic heterocycles. The summed E-state index contributed by atoms with van der Waals surface area (Å²) >= 11 is 0. The van der Waals surface area contributed by atoms with Crippen molar-refractivity contribution in [3.63, 3.8) is 0 Å². The number of carbonyl (C=O) groups excluding carboxylic acids is 1. The molecular weight excluding hydrogens is 266 g/mol. The van der Waals surface area contributed by atoms with Crippen LogP contribution in [0.4, 0.5) is 0 Å².